The van der Waals surface area contributed by atoms with Crippen LogP contribution in [-0.4, -0.2) is 23.7 Å². The number of rotatable bonds is 9. The van der Waals surface area contributed by atoms with Gasteiger partial charge >= 0.3 is 6.18 Å². The summed E-state index contributed by atoms with van der Waals surface area (Å²) in [6, 6.07) is 10.6. The summed E-state index contributed by atoms with van der Waals surface area (Å²) in [5.41, 5.74) is -0.814. The van der Waals surface area contributed by atoms with Crippen molar-refractivity contribution in [2.75, 3.05) is 0 Å². The van der Waals surface area contributed by atoms with Gasteiger partial charge < -0.3 is 5.32 Å². The number of carbonyl (C=O) groups excluding carboxylic acids is 1. The van der Waals surface area contributed by atoms with Gasteiger partial charge in [0.15, 0.2) is 0 Å². The normalized spacial score (nSPS) is 17.0. The third kappa shape index (κ3) is 6.29. The molecule has 2 atom stereocenters. The van der Waals surface area contributed by atoms with Crippen molar-refractivity contribution in [1.82, 2.24) is 10.6 Å². The number of nitrogens with one attached hydrogen (secondary N) is 2. The molecule has 2 N–H and O–H groups in total. The Labute approximate surface area is 188 Å². The van der Waals surface area contributed by atoms with Gasteiger partial charge in [0, 0.05) is 12.0 Å². The summed E-state index contributed by atoms with van der Waals surface area (Å²) in [5, 5.41) is 13.9. The molecule has 9 heteroatoms. The summed E-state index contributed by atoms with van der Waals surface area (Å²) < 4.78 is 71.1. The van der Waals surface area contributed by atoms with Crippen LogP contribution in [0.4, 0.5) is 22.0 Å². The molecule has 0 radical (unpaired) electrons. The van der Waals surface area contributed by atoms with Crippen LogP contribution in [0.3, 0.4) is 0 Å². The molecule has 0 aliphatic heterocycles. The van der Waals surface area contributed by atoms with E-state index in [1.165, 1.54) is 48.5 Å². The smallest absolute Gasteiger partial charge is 0.336 e. The molecular weight excluding hydrogens is 441 g/mol. The minimum atomic E-state index is -4.78. The van der Waals surface area contributed by atoms with Crippen molar-refractivity contribution in [3.05, 3.63) is 71.3 Å². The van der Waals surface area contributed by atoms with Crippen molar-refractivity contribution < 1.29 is 26.7 Å². The Morgan fingerprint density at radius 1 is 1.06 bits per heavy atom. The molecule has 0 bridgehead atoms. The van der Waals surface area contributed by atoms with Gasteiger partial charge in [-0.1, -0.05) is 60.2 Å². The fourth-order valence-electron chi connectivity index (χ4n) is 3.49. The summed E-state index contributed by atoms with van der Waals surface area (Å²) in [4.78, 5) is 12.8. The highest BCUT2D eigenvalue weighted by Crippen LogP contribution is 2.37. The Bertz CT molecular complexity index is 996. The lowest BCUT2D eigenvalue weighted by Gasteiger charge is -2.29. The first-order valence-corrected chi connectivity index (χ1v) is 10.5. The standard InChI is InChI=1S/C24H24F5N3O/c1-16-7-9-17(10-8-16)20(24(27,28)29)31-19(21(33)32-22(15-30)13-14-22)11-12-23(25,26)18-5-3-2-4-6-18/h2-10,19-20,31H,11-14H2,1H3,(H,32,33)/t19-,20-/m0/s1. The fourth-order valence-corrected chi connectivity index (χ4v) is 3.49. The number of halogens is 5. The van der Waals surface area contributed by atoms with E-state index in [0.29, 0.717) is 12.8 Å². The van der Waals surface area contributed by atoms with Crippen LogP contribution < -0.4 is 10.6 Å². The predicted molar refractivity (Wildman–Crippen MR) is 112 cm³/mol. The van der Waals surface area contributed by atoms with Crippen molar-refractivity contribution in [1.29, 1.82) is 5.26 Å². The molecule has 1 amide bonds. The first-order chi connectivity index (χ1) is 15.5. The van der Waals surface area contributed by atoms with Gasteiger partial charge in [-0.2, -0.15) is 18.4 Å². The SMILES string of the molecule is Cc1ccc([C@H](N[C@@H](CCC(F)(F)c2ccccc2)C(=O)NC2(C#N)CC2)C(F)(F)F)cc1. The number of nitriles is 1. The molecule has 0 unspecified atom stereocenters. The van der Waals surface area contributed by atoms with Gasteiger partial charge in [-0.25, -0.2) is 8.78 Å². The van der Waals surface area contributed by atoms with E-state index < -0.39 is 48.5 Å². The van der Waals surface area contributed by atoms with E-state index in [1.54, 1.807) is 13.0 Å². The van der Waals surface area contributed by atoms with E-state index in [1.807, 2.05) is 6.07 Å². The van der Waals surface area contributed by atoms with Crippen molar-refractivity contribution in [3.8, 4) is 6.07 Å². The number of benzene rings is 2. The highest BCUT2D eigenvalue weighted by molar-refractivity contribution is 5.83. The van der Waals surface area contributed by atoms with Gasteiger partial charge in [-0.15, -0.1) is 0 Å². The minimum Gasteiger partial charge on any atom is -0.336 e. The van der Waals surface area contributed by atoms with Crippen molar-refractivity contribution in [3.63, 3.8) is 0 Å². The maximum Gasteiger partial charge on any atom is 0.407 e. The molecule has 3 rings (SSSR count). The number of alkyl halides is 5. The molecule has 2 aromatic rings. The van der Waals surface area contributed by atoms with E-state index in [2.05, 4.69) is 10.6 Å². The van der Waals surface area contributed by atoms with Crippen LogP contribution in [0.25, 0.3) is 0 Å². The lowest BCUT2D eigenvalue weighted by Crippen LogP contribution is -2.52. The highest BCUT2D eigenvalue weighted by atomic mass is 19.4. The van der Waals surface area contributed by atoms with E-state index in [0.717, 1.165) is 5.56 Å². The number of aryl methyl sites for hydroxylation is 1. The predicted octanol–water partition coefficient (Wildman–Crippen LogP) is 5.30. The Kier molecular flexibility index (Phi) is 7.08. The molecule has 0 saturated heterocycles. The summed E-state index contributed by atoms with van der Waals surface area (Å²) in [5.74, 6) is -4.25. The maximum absolute atomic E-state index is 14.7. The molecule has 2 aromatic carbocycles. The second-order valence-corrected chi connectivity index (χ2v) is 8.40. The van der Waals surface area contributed by atoms with Crippen LogP contribution in [0.2, 0.25) is 0 Å². The second-order valence-electron chi connectivity index (χ2n) is 8.40. The molecule has 1 fully saturated rings. The first kappa shape index (κ1) is 24.6. The third-order valence-electron chi connectivity index (χ3n) is 5.69. The number of hydrogen-bond donors (Lipinski definition) is 2. The molecule has 0 spiro atoms. The van der Waals surface area contributed by atoms with Crippen LogP contribution >= 0.6 is 0 Å². The fraction of sp³-hybridized carbons (Fsp3) is 0.417. The quantitative estimate of drug-likeness (QED) is 0.494. The highest BCUT2D eigenvalue weighted by Gasteiger charge is 2.48. The van der Waals surface area contributed by atoms with Crippen LogP contribution in [0.15, 0.2) is 54.6 Å². The summed E-state index contributed by atoms with van der Waals surface area (Å²) in [7, 11) is 0. The Morgan fingerprint density at radius 2 is 1.67 bits per heavy atom. The zero-order valence-corrected chi connectivity index (χ0v) is 17.9. The van der Waals surface area contributed by atoms with E-state index >= 15 is 0 Å². The topological polar surface area (TPSA) is 64.9 Å². The number of nitrogens with zero attached hydrogens (tertiary/aromatic N) is 1. The molecule has 1 aliphatic carbocycles. The number of hydrogen-bond acceptors (Lipinski definition) is 3. The van der Waals surface area contributed by atoms with Crippen molar-refractivity contribution >= 4 is 5.91 Å². The minimum absolute atomic E-state index is 0.137. The number of carbonyl (C=O) groups is 1. The van der Waals surface area contributed by atoms with Crippen molar-refractivity contribution in [2.24, 2.45) is 0 Å². The lowest BCUT2D eigenvalue weighted by molar-refractivity contribution is -0.161. The molecule has 0 heterocycles. The molecule has 176 valence electrons. The number of amides is 1. The average Bonchev–Trinajstić information content (AvgIpc) is 3.54. The van der Waals surface area contributed by atoms with Gasteiger partial charge in [-0.3, -0.25) is 10.1 Å². The summed E-state index contributed by atoms with van der Waals surface area (Å²) in [6.45, 7) is 1.72. The monoisotopic (exact) mass is 465 g/mol. The molecule has 1 aliphatic rings. The Hall–Kier alpha value is -2.99. The zero-order chi connectivity index (χ0) is 24.3. The van der Waals surface area contributed by atoms with Gasteiger partial charge in [-0.05, 0) is 31.7 Å². The summed E-state index contributed by atoms with van der Waals surface area (Å²) in [6.07, 6.45) is -5.46. The van der Waals surface area contributed by atoms with Crippen LogP contribution in [0.5, 0.6) is 0 Å². The molecule has 1 saturated carbocycles. The van der Waals surface area contributed by atoms with Gasteiger partial charge in [0.05, 0.1) is 12.1 Å². The Balaban J connectivity index is 1.84. The van der Waals surface area contributed by atoms with Crippen LogP contribution in [0.1, 0.15) is 48.4 Å². The average molecular weight is 465 g/mol. The van der Waals surface area contributed by atoms with Gasteiger partial charge in [0.2, 0.25) is 5.91 Å². The third-order valence-corrected chi connectivity index (χ3v) is 5.69. The van der Waals surface area contributed by atoms with Crippen LogP contribution in [-0.2, 0) is 10.7 Å². The van der Waals surface area contributed by atoms with Crippen LogP contribution in [0, 0.1) is 18.3 Å². The van der Waals surface area contributed by atoms with Gasteiger partial charge in [0.1, 0.15) is 11.6 Å². The largest absolute Gasteiger partial charge is 0.407 e. The van der Waals surface area contributed by atoms with Crippen molar-refractivity contribution in [2.45, 2.75) is 62.3 Å². The Morgan fingerprint density at radius 3 is 2.18 bits per heavy atom. The molecule has 33 heavy (non-hydrogen) atoms. The van der Waals surface area contributed by atoms with E-state index in [-0.39, 0.29) is 11.1 Å². The molecule has 0 aromatic heterocycles. The van der Waals surface area contributed by atoms with E-state index in [4.69, 9.17) is 0 Å². The maximum atomic E-state index is 14.7. The molecular formula is C24H24F5N3O. The van der Waals surface area contributed by atoms with Gasteiger partial charge in [0.25, 0.3) is 5.92 Å². The molecule has 4 nitrogen and oxygen atoms in total. The second kappa shape index (κ2) is 9.48. The zero-order valence-electron chi connectivity index (χ0n) is 17.9. The first-order valence-electron chi connectivity index (χ1n) is 10.5. The summed E-state index contributed by atoms with van der Waals surface area (Å²) >= 11 is 0. The lowest BCUT2D eigenvalue weighted by atomic mass is 9.98. The van der Waals surface area contributed by atoms with E-state index in [9.17, 15) is 32.0 Å².